The second-order valence-corrected chi connectivity index (χ2v) is 6.20. The fourth-order valence-electron chi connectivity index (χ4n) is 2.38. The molecule has 0 radical (unpaired) electrons. The van der Waals surface area contributed by atoms with Crippen molar-refractivity contribution in [2.24, 2.45) is 0 Å². The summed E-state index contributed by atoms with van der Waals surface area (Å²) in [4.78, 5) is 12.1. The average Bonchev–Trinajstić information content (AvgIpc) is 2.57. The third kappa shape index (κ3) is 5.37. The molecular formula is C18H22BrN2O2+. The van der Waals surface area contributed by atoms with Crippen LogP contribution in [0.4, 0.5) is 5.69 Å². The molecule has 1 atom stereocenters. The first kappa shape index (κ1) is 17.5. The van der Waals surface area contributed by atoms with Crippen LogP contribution in [0.3, 0.4) is 0 Å². The van der Waals surface area contributed by atoms with Crippen LogP contribution in [0.25, 0.3) is 0 Å². The predicted molar refractivity (Wildman–Crippen MR) is 95.6 cm³/mol. The van der Waals surface area contributed by atoms with E-state index >= 15 is 0 Å². The number of ether oxygens (including phenoxy) is 1. The summed E-state index contributed by atoms with van der Waals surface area (Å²) in [6.45, 7) is 2.52. The van der Waals surface area contributed by atoms with E-state index in [9.17, 15) is 4.79 Å². The Labute approximate surface area is 145 Å². The number of anilines is 1. The molecule has 0 heterocycles. The monoisotopic (exact) mass is 377 g/mol. The molecular weight excluding hydrogens is 356 g/mol. The lowest BCUT2D eigenvalue weighted by Gasteiger charge is -2.14. The van der Waals surface area contributed by atoms with Crippen molar-refractivity contribution >= 4 is 27.5 Å². The van der Waals surface area contributed by atoms with Gasteiger partial charge in [0.1, 0.15) is 11.8 Å². The van der Waals surface area contributed by atoms with Crippen LogP contribution < -0.4 is 15.4 Å². The van der Waals surface area contributed by atoms with E-state index in [-0.39, 0.29) is 11.9 Å². The van der Waals surface area contributed by atoms with Gasteiger partial charge in [-0.15, -0.1) is 0 Å². The first-order chi connectivity index (χ1) is 11.1. The van der Waals surface area contributed by atoms with Gasteiger partial charge in [-0.3, -0.25) is 4.79 Å². The van der Waals surface area contributed by atoms with Gasteiger partial charge in [0.15, 0.2) is 6.54 Å². The first-order valence-corrected chi connectivity index (χ1v) is 8.44. The van der Waals surface area contributed by atoms with Gasteiger partial charge in [0.05, 0.1) is 7.11 Å². The SMILES string of the molecule is CC[C@@H]([NH2+]CC(=O)Nc1ccc(OC)cc1)c1ccc(Br)cc1. The third-order valence-electron chi connectivity index (χ3n) is 3.70. The fourth-order valence-corrected chi connectivity index (χ4v) is 2.65. The van der Waals surface area contributed by atoms with Gasteiger partial charge >= 0.3 is 0 Å². The summed E-state index contributed by atoms with van der Waals surface area (Å²) >= 11 is 3.44. The zero-order valence-electron chi connectivity index (χ0n) is 13.4. The van der Waals surface area contributed by atoms with Crippen LogP contribution in [0.1, 0.15) is 24.9 Å². The van der Waals surface area contributed by atoms with Crippen molar-refractivity contribution in [3.05, 3.63) is 58.6 Å². The van der Waals surface area contributed by atoms with Gasteiger partial charge in [0.25, 0.3) is 5.91 Å². The molecule has 0 unspecified atom stereocenters. The van der Waals surface area contributed by atoms with E-state index in [1.54, 1.807) is 7.11 Å². The molecule has 122 valence electrons. The standard InChI is InChI=1S/C18H21BrN2O2/c1-3-17(13-4-6-14(19)7-5-13)20-12-18(22)21-15-8-10-16(23-2)11-9-15/h4-11,17,20H,3,12H2,1-2H3,(H,21,22)/p+1/t17-/m1/s1. The minimum Gasteiger partial charge on any atom is -0.497 e. The zero-order chi connectivity index (χ0) is 16.7. The van der Waals surface area contributed by atoms with Crippen molar-refractivity contribution in [1.29, 1.82) is 0 Å². The molecule has 23 heavy (non-hydrogen) atoms. The van der Waals surface area contributed by atoms with Crippen molar-refractivity contribution in [3.8, 4) is 5.75 Å². The molecule has 0 aliphatic heterocycles. The Balaban J connectivity index is 1.87. The van der Waals surface area contributed by atoms with Crippen LogP contribution in [0, 0.1) is 0 Å². The van der Waals surface area contributed by atoms with Gasteiger partial charge in [-0.05, 0) is 36.4 Å². The van der Waals surface area contributed by atoms with E-state index in [0.29, 0.717) is 6.54 Å². The number of methoxy groups -OCH3 is 1. The van der Waals surface area contributed by atoms with E-state index < -0.39 is 0 Å². The lowest BCUT2D eigenvalue weighted by molar-refractivity contribution is -0.686. The fraction of sp³-hybridized carbons (Fsp3) is 0.278. The topological polar surface area (TPSA) is 54.9 Å². The quantitative estimate of drug-likeness (QED) is 0.778. The molecule has 0 spiro atoms. The number of nitrogens with two attached hydrogens (primary N) is 1. The van der Waals surface area contributed by atoms with Crippen LogP contribution in [-0.2, 0) is 4.79 Å². The summed E-state index contributed by atoms with van der Waals surface area (Å²) in [5, 5.41) is 4.97. The van der Waals surface area contributed by atoms with Crippen LogP contribution in [0.5, 0.6) is 5.75 Å². The highest BCUT2D eigenvalue weighted by Crippen LogP contribution is 2.17. The Kier molecular flexibility index (Phi) is 6.62. The number of halogens is 1. The first-order valence-electron chi connectivity index (χ1n) is 7.65. The number of amides is 1. The van der Waals surface area contributed by atoms with E-state index in [4.69, 9.17) is 4.74 Å². The van der Waals surface area contributed by atoms with Crippen molar-refractivity contribution in [2.75, 3.05) is 19.0 Å². The molecule has 2 rings (SSSR count). The Morgan fingerprint density at radius 3 is 2.39 bits per heavy atom. The highest BCUT2D eigenvalue weighted by Gasteiger charge is 2.14. The van der Waals surface area contributed by atoms with Crippen LogP contribution in [0.15, 0.2) is 53.0 Å². The molecule has 0 saturated carbocycles. The summed E-state index contributed by atoms with van der Waals surface area (Å²) in [5.41, 5.74) is 2.01. The normalized spacial score (nSPS) is 11.8. The highest BCUT2D eigenvalue weighted by molar-refractivity contribution is 9.10. The third-order valence-corrected chi connectivity index (χ3v) is 4.23. The molecule has 0 saturated heterocycles. The van der Waals surface area contributed by atoms with Gasteiger partial charge in [-0.1, -0.05) is 35.0 Å². The van der Waals surface area contributed by atoms with E-state index in [1.165, 1.54) is 5.56 Å². The second kappa shape index (κ2) is 8.70. The van der Waals surface area contributed by atoms with Crippen LogP contribution in [-0.4, -0.2) is 19.6 Å². The summed E-state index contributed by atoms with van der Waals surface area (Å²) in [6.07, 6.45) is 0.970. The van der Waals surface area contributed by atoms with Crippen molar-refractivity contribution in [3.63, 3.8) is 0 Å². The molecule has 0 aliphatic rings. The van der Waals surface area contributed by atoms with Crippen molar-refractivity contribution < 1.29 is 14.8 Å². The average molecular weight is 378 g/mol. The van der Waals surface area contributed by atoms with E-state index in [1.807, 2.05) is 36.4 Å². The summed E-state index contributed by atoms with van der Waals surface area (Å²) in [6, 6.07) is 15.9. The maximum Gasteiger partial charge on any atom is 0.279 e. The lowest BCUT2D eigenvalue weighted by atomic mass is 10.0. The largest absolute Gasteiger partial charge is 0.497 e. The van der Waals surface area contributed by atoms with Crippen molar-refractivity contribution in [2.45, 2.75) is 19.4 Å². The van der Waals surface area contributed by atoms with Gasteiger partial charge in [-0.25, -0.2) is 0 Å². The zero-order valence-corrected chi connectivity index (χ0v) is 15.0. The summed E-state index contributed by atoms with van der Waals surface area (Å²) in [7, 11) is 1.62. The van der Waals surface area contributed by atoms with Gasteiger partial charge < -0.3 is 15.4 Å². The second-order valence-electron chi connectivity index (χ2n) is 5.28. The summed E-state index contributed by atoms with van der Waals surface area (Å²) in [5.74, 6) is 0.765. The molecule has 0 bridgehead atoms. The number of quaternary nitrogens is 1. The molecule has 4 nitrogen and oxygen atoms in total. The Hall–Kier alpha value is -1.85. The molecule has 5 heteroatoms. The van der Waals surface area contributed by atoms with Gasteiger partial charge in [0, 0.05) is 22.1 Å². The lowest BCUT2D eigenvalue weighted by Crippen LogP contribution is -2.87. The number of benzene rings is 2. The predicted octanol–water partition coefficient (Wildman–Crippen LogP) is 3.11. The Morgan fingerprint density at radius 2 is 1.83 bits per heavy atom. The maximum absolute atomic E-state index is 12.1. The minimum atomic E-state index is -0.00858. The van der Waals surface area contributed by atoms with E-state index in [0.717, 1.165) is 22.3 Å². The van der Waals surface area contributed by atoms with Crippen LogP contribution in [0.2, 0.25) is 0 Å². The molecule has 0 aromatic heterocycles. The summed E-state index contributed by atoms with van der Waals surface area (Å²) < 4.78 is 6.17. The Bertz CT molecular complexity index is 626. The molecule has 2 aromatic rings. The van der Waals surface area contributed by atoms with Crippen LogP contribution >= 0.6 is 15.9 Å². The maximum atomic E-state index is 12.1. The number of carbonyl (C=O) groups is 1. The molecule has 3 N–H and O–H groups in total. The van der Waals surface area contributed by atoms with Gasteiger partial charge in [-0.2, -0.15) is 0 Å². The van der Waals surface area contributed by atoms with E-state index in [2.05, 4.69) is 45.6 Å². The minimum absolute atomic E-state index is 0.00858. The molecule has 2 aromatic carbocycles. The molecule has 0 aliphatic carbocycles. The van der Waals surface area contributed by atoms with Gasteiger partial charge in [0.2, 0.25) is 0 Å². The number of nitrogens with one attached hydrogen (secondary N) is 1. The number of rotatable bonds is 7. The number of hydrogen-bond acceptors (Lipinski definition) is 2. The highest BCUT2D eigenvalue weighted by atomic mass is 79.9. The molecule has 0 fully saturated rings. The molecule has 1 amide bonds. The van der Waals surface area contributed by atoms with Crippen molar-refractivity contribution in [1.82, 2.24) is 0 Å². The Morgan fingerprint density at radius 1 is 1.17 bits per heavy atom. The smallest absolute Gasteiger partial charge is 0.279 e. The number of hydrogen-bond donors (Lipinski definition) is 2. The number of carbonyl (C=O) groups excluding carboxylic acids is 1.